The van der Waals surface area contributed by atoms with Gasteiger partial charge in [0.1, 0.15) is 12.2 Å². The molecule has 0 radical (unpaired) electrons. The molecule has 0 aliphatic carbocycles. The molecule has 0 bridgehead atoms. The first-order valence-electron chi connectivity index (χ1n) is 8.59. The number of benzene rings is 2. The third-order valence-electron chi connectivity index (χ3n) is 4.37. The van der Waals surface area contributed by atoms with E-state index in [4.69, 9.17) is 10.5 Å². The number of primary amides is 1. The molecule has 1 heterocycles. The number of carbonyl (C=O) groups excluding carboxylic acids is 2. The lowest BCUT2D eigenvalue weighted by molar-refractivity contribution is 0.0470. The molecule has 2 aromatic carbocycles. The number of nitrogens with two attached hydrogens (primary N) is 1. The summed E-state index contributed by atoms with van der Waals surface area (Å²) in [4.78, 5) is 23.7. The number of aryl methyl sites for hydroxylation is 1. The van der Waals surface area contributed by atoms with Crippen molar-refractivity contribution in [1.29, 1.82) is 0 Å². The van der Waals surface area contributed by atoms with Crippen molar-refractivity contribution in [2.24, 2.45) is 5.73 Å². The molecule has 1 amide bonds. The van der Waals surface area contributed by atoms with E-state index in [1.807, 2.05) is 41.9 Å². The van der Waals surface area contributed by atoms with E-state index in [1.165, 1.54) is 0 Å². The summed E-state index contributed by atoms with van der Waals surface area (Å²) in [5, 5.41) is 4.48. The zero-order chi connectivity index (χ0) is 19.4. The lowest BCUT2D eigenvalue weighted by Crippen LogP contribution is -2.11. The van der Waals surface area contributed by atoms with Crippen LogP contribution < -0.4 is 5.73 Å². The van der Waals surface area contributed by atoms with Gasteiger partial charge in [0.05, 0.1) is 17.9 Å². The van der Waals surface area contributed by atoms with Gasteiger partial charge in [-0.2, -0.15) is 5.10 Å². The number of esters is 1. The Morgan fingerprint density at radius 2 is 1.67 bits per heavy atom. The van der Waals surface area contributed by atoms with Crippen molar-refractivity contribution >= 4 is 11.9 Å². The van der Waals surface area contributed by atoms with Crippen molar-refractivity contribution in [2.75, 3.05) is 0 Å². The van der Waals surface area contributed by atoms with E-state index < -0.39 is 11.9 Å². The minimum Gasteiger partial charge on any atom is -0.457 e. The molecule has 1 aromatic heterocycles. The minimum atomic E-state index is -0.490. The molecule has 0 saturated carbocycles. The largest absolute Gasteiger partial charge is 0.457 e. The Kier molecular flexibility index (Phi) is 5.35. The standard InChI is InChI=1S/C21H21N3O3/c1-14-19(15(2)24(23-14)12-16-6-4-3-5-7-16)21(26)27-13-17-8-10-18(11-9-17)20(22)25/h3-11H,12-13H2,1-2H3,(H2,22,25). The maximum absolute atomic E-state index is 12.6. The van der Waals surface area contributed by atoms with E-state index in [9.17, 15) is 9.59 Å². The van der Waals surface area contributed by atoms with E-state index >= 15 is 0 Å². The molecule has 3 rings (SSSR count). The highest BCUT2D eigenvalue weighted by Crippen LogP contribution is 2.17. The van der Waals surface area contributed by atoms with Gasteiger partial charge < -0.3 is 10.5 Å². The van der Waals surface area contributed by atoms with Crippen LogP contribution in [0.5, 0.6) is 0 Å². The van der Waals surface area contributed by atoms with Crippen LogP contribution in [0.1, 0.15) is 43.2 Å². The second-order valence-corrected chi connectivity index (χ2v) is 6.33. The topological polar surface area (TPSA) is 87.2 Å². The van der Waals surface area contributed by atoms with Crippen LogP contribution >= 0.6 is 0 Å². The van der Waals surface area contributed by atoms with Crippen molar-refractivity contribution in [3.05, 3.63) is 88.2 Å². The van der Waals surface area contributed by atoms with Gasteiger partial charge >= 0.3 is 5.97 Å². The first kappa shape index (κ1) is 18.4. The molecule has 0 unspecified atom stereocenters. The quantitative estimate of drug-likeness (QED) is 0.682. The number of hydrogen-bond donors (Lipinski definition) is 1. The molecule has 0 saturated heterocycles. The average Bonchev–Trinajstić information content (AvgIpc) is 2.94. The number of hydrogen-bond acceptors (Lipinski definition) is 4. The Morgan fingerprint density at radius 1 is 1.00 bits per heavy atom. The summed E-state index contributed by atoms with van der Waals surface area (Å²) in [6.07, 6.45) is 0. The third kappa shape index (κ3) is 4.23. The van der Waals surface area contributed by atoms with Gasteiger partial charge in [-0.25, -0.2) is 4.79 Å². The zero-order valence-corrected chi connectivity index (χ0v) is 15.3. The molecule has 0 fully saturated rings. The summed E-state index contributed by atoms with van der Waals surface area (Å²) in [6, 6.07) is 16.6. The molecule has 2 N–H and O–H groups in total. The van der Waals surface area contributed by atoms with Crippen LogP contribution in [0.15, 0.2) is 54.6 Å². The lowest BCUT2D eigenvalue weighted by Gasteiger charge is -2.07. The maximum Gasteiger partial charge on any atom is 0.342 e. The molecule has 138 valence electrons. The molecular weight excluding hydrogens is 342 g/mol. The first-order chi connectivity index (χ1) is 13.0. The summed E-state index contributed by atoms with van der Waals surface area (Å²) in [6.45, 7) is 4.37. The Balaban J connectivity index is 1.70. The van der Waals surface area contributed by atoms with Crippen molar-refractivity contribution in [2.45, 2.75) is 27.0 Å². The molecule has 27 heavy (non-hydrogen) atoms. The van der Waals surface area contributed by atoms with Crippen LogP contribution in [0, 0.1) is 13.8 Å². The average molecular weight is 363 g/mol. The highest BCUT2D eigenvalue weighted by Gasteiger charge is 2.20. The number of rotatable bonds is 6. The first-order valence-corrected chi connectivity index (χ1v) is 8.59. The van der Waals surface area contributed by atoms with Crippen LogP contribution in [-0.2, 0) is 17.9 Å². The van der Waals surface area contributed by atoms with E-state index in [0.717, 1.165) is 16.8 Å². The van der Waals surface area contributed by atoms with Crippen LogP contribution in [0.4, 0.5) is 0 Å². The van der Waals surface area contributed by atoms with Gasteiger partial charge in [-0.1, -0.05) is 42.5 Å². The van der Waals surface area contributed by atoms with E-state index in [0.29, 0.717) is 23.4 Å². The van der Waals surface area contributed by atoms with Crippen molar-refractivity contribution in [3.63, 3.8) is 0 Å². The Bertz CT molecular complexity index is 960. The second kappa shape index (κ2) is 7.86. The van der Waals surface area contributed by atoms with Gasteiger partial charge in [0.15, 0.2) is 0 Å². The summed E-state index contributed by atoms with van der Waals surface area (Å²) in [7, 11) is 0. The monoisotopic (exact) mass is 363 g/mol. The molecular formula is C21H21N3O3. The fourth-order valence-corrected chi connectivity index (χ4v) is 2.89. The Morgan fingerprint density at radius 3 is 2.30 bits per heavy atom. The Labute approximate surface area is 157 Å². The molecule has 0 atom stereocenters. The predicted molar refractivity (Wildman–Crippen MR) is 101 cm³/mol. The smallest absolute Gasteiger partial charge is 0.342 e. The fourth-order valence-electron chi connectivity index (χ4n) is 2.89. The molecule has 0 aliphatic rings. The van der Waals surface area contributed by atoms with Gasteiger partial charge in [-0.05, 0) is 37.1 Å². The number of nitrogens with zero attached hydrogens (tertiary/aromatic N) is 2. The minimum absolute atomic E-state index is 0.112. The summed E-state index contributed by atoms with van der Waals surface area (Å²) < 4.78 is 7.24. The van der Waals surface area contributed by atoms with Crippen molar-refractivity contribution in [3.8, 4) is 0 Å². The SMILES string of the molecule is Cc1nn(Cc2ccccc2)c(C)c1C(=O)OCc1ccc(C(N)=O)cc1. The van der Waals surface area contributed by atoms with Crippen molar-refractivity contribution in [1.82, 2.24) is 9.78 Å². The van der Waals surface area contributed by atoms with Gasteiger partial charge in [0.2, 0.25) is 5.91 Å². The number of amides is 1. The lowest BCUT2D eigenvalue weighted by atomic mass is 10.1. The third-order valence-corrected chi connectivity index (χ3v) is 4.37. The van der Waals surface area contributed by atoms with Gasteiger partial charge in [0, 0.05) is 5.56 Å². The summed E-state index contributed by atoms with van der Waals surface area (Å²) in [5.41, 5.74) is 9.41. The van der Waals surface area contributed by atoms with E-state index in [1.54, 1.807) is 31.2 Å². The predicted octanol–water partition coefficient (Wildman–Crippen LogP) is 3.00. The normalized spacial score (nSPS) is 10.6. The van der Waals surface area contributed by atoms with Gasteiger partial charge in [-0.3, -0.25) is 9.48 Å². The number of ether oxygens (including phenoxy) is 1. The summed E-state index contributed by atoms with van der Waals surface area (Å²) >= 11 is 0. The molecule has 0 spiro atoms. The van der Waals surface area contributed by atoms with Crippen molar-refractivity contribution < 1.29 is 14.3 Å². The van der Waals surface area contributed by atoms with Crippen LogP contribution in [-0.4, -0.2) is 21.7 Å². The number of carbonyl (C=O) groups is 2. The highest BCUT2D eigenvalue weighted by atomic mass is 16.5. The van der Waals surface area contributed by atoms with Gasteiger partial charge in [0.25, 0.3) is 0 Å². The van der Waals surface area contributed by atoms with Crippen LogP contribution in [0.3, 0.4) is 0 Å². The molecule has 6 nitrogen and oxygen atoms in total. The zero-order valence-electron chi connectivity index (χ0n) is 15.3. The van der Waals surface area contributed by atoms with E-state index in [2.05, 4.69) is 5.10 Å². The van der Waals surface area contributed by atoms with E-state index in [-0.39, 0.29) is 6.61 Å². The molecule has 3 aromatic rings. The van der Waals surface area contributed by atoms with Gasteiger partial charge in [-0.15, -0.1) is 0 Å². The second-order valence-electron chi connectivity index (χ2n) is 6.33. The highest BCUT2D eigenvalue weighted by molar-refractivity contribution is 5.93. The maximum atomic E-state index is 12.6. The fraction of sp³-hybridized carbons (Fsp3) is 0.190. The summed E-state index contributed by atoms with van der Waals surface area (Å²) in [5.74, 6) is -0.904. The number of aromatic nitrogens is 2. The molecule has 6 heteroatoms. The van der Waals surface area contributed by atoms with Crippen LogP contribution in [0.25, 0.3) is 0 Å². The Hall–Kier alpha value is -3.41. The van der Waals surface area contributed by atoms with Crippen LogP contribution in [0.2, 0.25) is 0 Å². The molecule has 0 aliphatic heterocycles.